The summed E-state index contributed by atoms with van der Waals surface area (Å²) in [6.45, 7) is 8.66. The Bertz CT molecular complexity index is 357. The third-order valence-electron chi connectivity index (χ3n) is 6.56. The molecule has 0 aromatic carbocycles. The van der Waals surface area contributed by atoms with E-state index in [9.17, 15) is 9.90 Å². The summed E-state index contributed by atoms with van der Waals surface area (Å²) in [5, 5.41) is 9.86. The van der Waals surface area contributed by atoms with E-state index in [4.69, 9.17) is 0 Å². The molecule has 0 aliphatic heterocycles. The zero-order valence-electron chi connectivity index (χ0n) is 14.4. The number of hydrogen-bond acceptors (Lipinski definition) is 2. The third-order valence-corrected chi connectivity index (χ3v) is 6.56. The van der Waals surface area contributed by atoms with Crippen molar-refractivity contribution in [3.8, 4) is 0 Å². The first-order chi connectivity index (χ1) is 9.78. The fourth-order valence-electron chi connectivity index (χ4n) is 5.44. The molecule has 2 rings (SSSR count). The van der Waals surface area contributed by atoms with Gasteiger partial charge in [-0.25, -0.2) is 0 Å². The summed E-state index contributed by atoms with van der Waals surface area (Å²) < 4.78 is 0. The van der Waals surface area contributed by atoms with E-state index in [1.165, 1.54) is 38.4 Å². The van der Waals surface area contributed by atoms with Crippen LogP contribution in [0, 0.1) is 29.1 Å². The van der Waals surface area contributed by atoms with Crippen molar-refractivity contribution in [3.05, 3.63) is 0 Å². The molecule has 0 spiro atoms. The topological polar surface area (TPSA) is 37.3 Å². The number of fused-ring (bicyclic) bond motifs is 1. The quantitative estimate of drug-likeness (QED) is 0.727. The van der Waals surface area contributed by atoms with Crippen molar-refractivity contribution >= 4 is 6.29 Å². The number of hydrogen-bond donors (Lipinski definition) is 1. The Hall–Kier alpha value is -0.370. The van der Waals surface area contributed by atoms with E-state index in [1.54, 1.807) is 0 Å². The number of aliphatic hydroxyl groups is 1. The molecule has 2 saturated carbocycles. The van der Waals surface area contributed by atoms with E-state index in [-0.39, 0.29) is 0 Å². The van der Waals surface area contributed by atoms with Crippen molar-refractivity contribution in [2.45, 2.75) is 84.7 Å². The van der Waals surface area contributed by atoms with Gasteiger partial charge in [-0.05, 0) is 69.1 Å². The van der Waals surface area contributed by atoms with Crippen molar-refractivity contribution in [1.29, 1.82) is 0 Å². The van der Waals surface area contributed by atoms with Crippen molar-refractivity contribution in [2.75, 3.05) is 0 Å². The molecule has 5 atom stereocenters. The van der Waals surface area contributed by atoms with E-state index in [1.807, 2.05) is 13.8 Å². The lowest BCUT2D eigenvalue weighted by molar-refractivity contribution is -0.116. The summed E-state index contributed by atoms with van der Waals surface area (Å²) in [7, 11) is 0. The van der Waals surface area contributed by atoms with Crippen LogP contribution in [-0.2, 0) is 4.79 Å². The number of aldehydes is 1. The minimum Gasteiger partial charge on any atom is -0.390 e. The minimum atomic E-state index is -0.532. The molecule has 0 amide bonds. The largest absolute Gasteiger partial charge is 0.390 e. The SMILES string of the molecule is CC(CCCC(C)(C)O)C1CCC2C(C=O)CCCC12C. The Kier molecular flexibility index (Phi) is 5.18. The molecule has 2 nitrogen and oxygen atoms in total. The van der Waals surface area contributed by atoms with Gasteiger partial charge in [-0.3, -0.25) is 0 Å². The predicted octanol–water partition coefficient (Wildman–Crippen LogP) is 4.60. The van der Waals surface area contributed by atoms with Gasteiger partial charge in [0.05, 0.1) is 5.60 Å². The van der Waals surface area contributed by atoms with E-state index in [0.717, 1.165) is 25.2 Å². The summed E-state index contributed by atoms with van der Waals surface area (Å²) in [6, 6.07) is 0. The average molecular weight is 294 g/mol. The molecule has 21 heavy (non-hydrogen) atoms. The van der Waals surface area contributed by atoms with Gasteiger partial charge in [0.15, 0.2) is 0 Å². The second kappa shape index (κ2) is 6.40. The van der Waals surface area contributed by atoms with Gasteiger partial charge in [0.2, 0.25) is 0 Å². The molecule has 2 fully saturated rings. The van der Waals surface area contributed by atoms with E-state index in [0.29, 0.717) is 23.2 Å². The molecular formula is C19H34O2. The van der Waals surface area contributed by atoms with Crippen LogP contribution in [-0.4, -0.2) is 17.0 Å². The summed E-state index contributed by atoms with van der Waals surface area (Å²) in [5.74, 6) is 2.43. The minimum absolute atomic E-state index is 0.317. The van der Waals surface area contributed by atoms with Gasteiger partial charge in [-0.15, -0.1) is 0 Å². The first kappa shape index (κ1) is 17.0. The molecule has 2 aliphatic carbocycles. The number of carbonyl (C=O) groups excluding carboxylic acids is 1. The zero-order valence-corrected chi connectivity index (χ0v) is 14.4. The summed E-state index contributed by atoms with van der Waals surface area (Å²) >= 11 is 0. The lowest BCUT2D eigenvalue weighted by Gasteiger charge is -2.45. The van der Waals surface area contributed by atoms with Crippen molar-refractivity contribution < 1.29 is 9.90 Å². The van der Waals surface area contributed by atoms with Crippen LogP contribution in [0.3, 0.4) is 0 Å². The van der Waals surface area contributed by atoms with Crippen LogP contribution < -0.4 is 0 Å². The molecule has 2 aliphatic rings. The van der Waals surface area contributed by atoms with E-state index in [2.05, 4.69) is 13.8 Å². The van der Waals surface area contributed by atoms with Crippen molar-refractivity contribution in [1.82, 2.24) is 0 Å². The van der Waals surface area contributed by atoms with Crippen LogP contribution in [0.2, 0.25) is 0 Å². The lowest BCUT2D eigenvalue weighted by atomic mass is 9.59. The van der Waals surface area contributed by atoms with Crippen LogP contribution in [0.5, 0.6) is 0 Å². The maximum absolute atomic E-state index is 11.4. The lowest BCUT2D eigenvalue weighted by Crippen LogP contribution is -2.39. The molecule has 0 heterocycles. The van der Waals surface area contributed by atoms with Gasteiger partial charge in [0.1, 0.15) is 6.29 Å². The highest BCUT2D eigenvalue weighted by atomic mass is 16.3. The van der Waals surface area contributed by atoms with Crippen LogP contribution >= 0.6 is 0 Å². The Balaban J connectivity index is 1.95. The standard InChI is InChI=1S/C19H34O2/c1-14(7-5-11-18(2,3)21)16-9-10-17-15(13-20)8-6-12-19(16,17)4/h13-17,21H,5-12H2,1-4H3. The summed E-state index contributed by atoms with van der Waals surface area (Å²) in [6.07, 6.45) is 10.7. The van der Waals surface area contributed by atoms with Crippen LogP contribution in [0.1, 0.15) is 79.1 Å². The van der Waals surface area contributed by atoms with Gasteiger partial charge >= 0.3 is 0 Å². The highest BCUT2D eigenvalue weighted by Crippen LogP contribution is 2.59. The second-order valence-corrected chi connectivity index (χ2v) is 8.67. The molecule has 5 unspecified atom stereocenters. The maximum atomic E-state index is 11.4. The molecule has 0 bridgehead atoms. The predicted molar refractivity (Wildman–Crippen MR) is 87.0 cm³/mol. The number of rotatable bonds is 6. The normalized spacial score (nSPS) is 38.0. The van der Waals surface area contributed by atoms with Crippen molar-refractivity contribution in [2.24, 2.45) is 29.1 Å². The van der Waals surface area contributed by atoms with Gasteiger partial charge < -0.3 is 9.90 Å². The fraction of sp³-hybridized carbons (Fsp3) is 0.947. The Morgan fingerprint density at radius 3 is 2.67 bits per heavy atom. The van der Waals surface area contributed by atoms with Crippen LogP contribution in [0.4, 0.5) is 0 Å². The molecule has 1 N–H and O–H groups in total. The first-order valence-corrected chi connectivity index (χ1v) is 8.95. The van der Waals surface area contributed by atoms with Crippen LogP contribution in [0.15, 0.2) is 0 Å². The van der Waals surface area contributed by atoms with Crippen LogP contribution in [0.25, 0.3) is 0 Å². The monoisotopic (exact) mass is 294 g/mol. The smallest absolute Gasteiger partial charge is 0.123 e. The summed E-state index contributed by atoms with van der Waals surface area (Å²) in [5.41, 5.74) is -0.146. The van der Waals surface area contributed by atoms with Gasteiger partial charge in [0.25, 0.3) is 0 Å². The van der Waals surface area contributed by atoms with Gasteiger partial charge in [0, 0.05) is 5.92 Å². The highest BCUT2D eigenvalue weighted by molar-refractivity contribution is 5.54. The molecule has 122 valence electrons. The van der Waals surface area contributed by atoms with E-state index >= 15 is 0 Å². The average Bonchev–Trinajstić information content (AvgIpc) is 2.73. The fourth-order valence-corrected chi connectivity index (χ4v) is 5.44. The van der Waals surface area contributed by atoms with Gasteiger partial charge in [-0.1, -0.05) is 33.1 Å². The van der Waals surface area contributed by atoms with Gasteiger partial charge in [-0.2, -0.15) is 0 Å². The second-order valence-electron chi connectivity index (χ2n) is 8.67. The third kappa shape index (κ3) is 3.70. The zero-order chi connectivity index (χ0) is 15.7. The molecule has 0 saturated heterocycles. The molecule has 0 radical (unpaired) electrons. The first-order valence-electron chi connectivity index (χ1n) is 8.95. The highest BCUT2D eigenvalue weighted by Gasteiger charge is 2.52. The molecule has 0 aromatic heterocycles. The molecule has 2 heteroatoms. The Labute approximate surface area is 130 Å². The van der Waals surface area contributed by atoms with E-state index < -0.39 is 5.60 Å². The van der Waals surface area contributed by atoms with Crippen molar-refractivity contribution in [3.63, 3.8) is 0 Å². The Morgan fingerprint density at radius 1 is 1.33 bits per heavy atom. The number of carbonyl (C=O) groups is 1. The molecular weight excluding hydrogens is 260 g/mol. The molecule has 0 aromatic rings. The Morgan fingerprint density at radius 2 is 2.05 bits per heavy atom. The summed E-state index contributed by atoms with van der Waals surface area (Å²) in [4.78, 5) is 11.4. The maximum Gasteiger partial charge on any atom is 0.123 e.